The molecule has 15 heavy (non-hydrogen) atoms. The van der Waals surface area contributed by atoms with Crippen LogP contribution in [0.1, 0.15) is 53.9 Å². The van der Waals surface area contributed by atoms with Crippen LogP contribution in [0.5, 0.6) is 0 Å². The molecule has 0 bridgehead atoms. The lowest BCUT2D eigenvalue weighted by molar-refractivity contribution is 0.394. The normalized spacial score (nSPS) is 13.9. The Balaban J connectivity index is 3.45. The highest BCUT2D eigenvalue weighted by Gasteiger charge is 2.15. The molecular weight excluding hydrogens is 184 g/mol. The van der Waals surface area contributed by atoms with Gasteiger partial charge in [-0.2, -0.15) is 5.26 Å². The molecule has 1 unspecified atom stereocenters. The van der Waals surface area contributed by atoms with Crippen LogP contribution in [0.3, 0.4) is 0 Å². The molecule has 0 aliphatic carbocycles. The van der Waals surface area contributed by atoms with Crippen LogP contribution < -0.4 is 5.32 Å². The molecule has 88 valence electrons. The Kier molecular flexibility index (Phi) is 6.60. The average Bonchev–Trinajstić information content (AvgIpc) is 2.16. The molecule has 2 nitrogen and oxygen atoms in total. The summed E-state index contributed by atoms with van der Waals surface area (Å²) in [4.78, 5) is 0. The van der Waals surface area contributed by atoms with Crippen LogP contribution in [0.25, 0.3) is 0 Å². The monoisotopic (exact) mass is 210 g/mol. The summed E-state index contributed by atoms with van der Waals surface area (Å²) >= 11 is 0. The van der Waals surface area contributed by atoms with Crippen LogP contribution in [-0.4, -0.2) is 12.6 Å². The van der Waals surface area contributed by atoms with Gasteiger partial charge in [0, 0.05) is 6.04 Å². The first-order chi connectivity index (χ1) is 6.89. The van der Waals surface area contributed by atoms with Gasteiger partial charge >= 0.3 is 0 Å². The van der Waals surface area contributed by atoms with E-state index in [2.05, 4.69) is 32.2 Å². The predicted octanol–water partition coefficient (Wildman–Crippen LogP) is 3.34. The molecule has 0 aromatic heterocycles. The fraction of sp³-hybridized carbons (Fsp3) is 0.923. The Morgan fingerprint density at radius 3 is 2.27 bits per heavy atom. The van der Waals surface area contributed by atoms with Gasteiger partial charge in [0.2, 0.25) is 0 Å². The molecule has 0 aromatic rings. The molecule has 0 amide bonds. The second-order valence-corrected chi connectivity index (χ2v) is 5.44. The Labute approximate surface area is 95.1 Å². The van der Waals surface area contributed by atoms with Gasteiger partial charge in [-0.3, -0.25) is 0 Å². The lowest BCUT2D eigenvalue weighted by atomic mass is 9.89. The fourth-order valence-corrected chi connectivity index (χ4v) is 1.31. The van der Waals surface area contributed by atoms with Crippen molar-refractivity contribution in [2.45, 2.75) is 59.9 Å². The average molecular weight is 210 g/mol. The van der Waals surface area contributed by atoms with E-state index < -0.39 is 0 Å². The molecule has 1 atom stereocenters. The van der Waals surface area contributed by atoms with Gasteiger partial charge in [-0.05, 0) is 46.1 Å². The molecule has 0 saturated heterocycles. The van der Waals surface area contributed by atoms with E-state index in [9.17, 15) is 0 Å². The zero-order valence-corrected chi connectivity index (χ0v) is 10.9. The van der Waals surface area contributed by atoms with Crippen LogP contribution in [0.4, 0.5) is 0 Å². The van der Waals surface area contributed by atoms with Crippen molar-refractivity contribution in [1.29, 1.82) is 5.26 Å². The highest BCUT2D eigenvalue weighted by Crippen LogP contribution is 2.21. The Morgan fingerprint density at radius 1 is 1.20 bits per heavy atom. The van der Waals surface area contributed by atoms with Crippen LogP contribution in [0, 0.1) is 22.7 Å². The Hall–Kier alpha value is -0.550. The number of nitriles is 1. The molecule has 0 saturated carbocycles. The minimum absolute atomic E-state index is 0.149. The minimum Gasteiger partial charge on any atom is -0.314 e. The van der Waals surface area contributed by atoms with E-state index in [4.69, 9.17) is 5.26 Å². The first-order valence-corrected chi connectivity index (χ1v) is 6.03. The first kappa shape index (κ1) is 14.5. The van der Waals surface area contributed by atoms with Gasteiger partial charge in [0.1, 0.15) is 0 Å². The summed E-state index contributed by atoms with van der Waals surface area (Å²) in [6.07, 6.45) is 3.31. The molecule has 0 aliphatic heterocycles. The van der Waals surface area contributed by atoms with E-state index in [1.54, 1.807) is 0 Å². The smallest absolute Gasteiger partial charge is 0.0683 e. The van der Waals surface area contributed by atoms with E-state index in [0.717, 1.165) is 19.4 Å². The summed E-state index contributed by atoms with van der Waals surface area (Å²) in [6, 6.07) is 2.93. The zero-order chi connectivity index (χ0) is 11.9. The van der Waals surface area contributed by atoms with Crippen molar-refractivity contribution < 1.29 is 0 Å². The van der Waals surface area contributed by atoms with E-state index in [-0.39, 0.29) is 5.41 Å². The van der Waals surface area contributed by atoms with Crippen molar-refractivity contribution >= 4 is 0 Å². The number of nitrogens with one attached hydrogen (secondary N) is 1. The highest BCUT2D eigenvalue weighted by molar-refractivity contribution is 4.91. The van der Waals surface area contributed by atoms with Crippen molar-refractivity contribution in [2.24, 2.45) is 11.3 Å². The fourth-order valence-electron chi connectivity index (χ4n) is 1.31. The van der Waals surface area contributed by atoms with Crippen LogP contribution in [-0.2, 0) is 0 Å². The molecule has 2 heteroatoms. The van der Waals surface area contributed by atoms with E-state index in [1.165, 1.54) is 6.42 Å². The van der Waals surface area contributed by atoms with E-state index in [1.807, 2.05) is 13.8 Å². The number of hydrogen-bond acceptors (Lipinski definition) is 2. The number of rotatable bonds is 7. The van der Waals surface area contributed by atoms with Gasteiger partial charge in [-0.25, -0.2) is 0 Å². The van der Waals surface area contributed by atoms with Gasteiger partial charge < -0.3 is 5.32 Å². The predicted molar refractivity (Wildman–Crippen MR) is 65.5 cm³/mol. The summed E-state index contributed by atoms with van der Waals surface area (Å²) in [6.45, 7) is 11.8. The largest absolute Gasteiger partial charge is 0.314 e. The summed E-state index contributed by atoms with van der Waals surface area (Å²) in [7, 11) is 0. The molecule has 0 radical (unpaired) electrons. The minimum atomic E-state index is -0.149. The van der Waals surface area contributed by atoms with Crippen molar-refractivity contribution in [3.05, 3.63) is 0 Å². The molecule has 0 aromatic carbocycles. The first-order valence-electron chi connectivity index (χ1n) is 6.03. The quantitative estimate of drug-likeness (QED) is 0.654. The van der Waals surface area contributed by atoms with Crippen LogP contribution >= 0.6 is 0 Å². The van der Waals surface area contributed by atoms with Crippen LogP contribution in [0.15, 0.2) is 0 Å². The van der Waals surface area contributed by atoms with Gasteiger partial charge in [0.05, 0.1) is 11.5 Å². The standard InChI is InChI=1S/C13H26N2/c1-11(2)12(3)15-9-7-6-8-13(4,5)10-14/h11-12,15H,6-9H2,1-5H3. The third-order valence-corrected chi connectivity index (χ3v) is 3.00. The van der Waals surface area contributed by atoms with Crippen LogP contribution in [0.2, 0.25) is 0 Å². The van der Waals surface area contributed by atoms with Gasteiger partial charge in [-0.15, -0.1) is 0 Å². The van der Waals surface area contributed by atoms with Crippen molar-refractivity contribution in [1.82, 2.24) is 5.32 Å². The topological polar surface area (TPSA) is 35.8 Å². The van der Waals surface area contributed by atoms with E-state index in [0.29, 0.717) is 12.0 Å². The summed E-state index contributed by atoms with van der Waals surface area (Å²) in [5, 5.41) is 12.3. The summed E-state index contributed by atoms with van der Waals surface area (Å²) in [5.74, 6) is 0.695. The zero-order valence-electron chi connectivity index (χ0n) is 10.9. The molecule has 0 fully saturated rings. The maximum Gasteiger partial charge on any atom is 0.0683 e. The molecule has 0 aliphatic rings. The molecule has 0 heterocycles. The van der Waals surface area contributed by atoms with Crippen molar-refractivity contribution in [3.8, 4) is 6.07 Å². The third kappa shape index (κ3) is 7.39. The maximum absolute atomic E-state index is 8.85. The lowest BCUT2D eigenvalue weighted by Crippen LogP contribution is -2.31. The van der Waals surface area contributed by atoms with Gasteiger partial charge in [0.15, 0.2) is 0 Å². The van der Waals surface area contributed by atoms with Crippen molar-refractivity contribution in [3.63, 3.8) is 0 Å². The SMILES string of the molecule is CC(C)C(C)NCCCCC(C)(C)C#N. The maximum atomic E-state index is 8.85. The summed E-state index contributed by atoms with van der Waals surface area (Å²) < 4.78 is 0. The molecule has 1 N–H and O–H groups in total. The lowest BCUT2D eigenvalue weighted by Gasteiger charge is -2.18. The molecule has 0 rings (SSSR count). The number of nitrogens with zero attached hydrogens (tertiary/aromatic N) is 1. The summed E-state index contributed by atoms with van der Waals surface area (Å²) in [5.41, 5.74) is -0.149. The van der Waals surface area contributed by atoms with Gasteiger partial charge in [0.25, 0.3) is 0 Å². The Morgan fingerprint density at radius 2 is 1.80 bits per heavy atom. The second-order valence-electron chi connectivity index (χ2n) is 5.44. The molecule has 0 spiro atoms. The number of unbranched alkanes of at least 4 members (excludes halogenated alkanes) is 1. The van der Waals surface area contributed by atoms with Crippen molar-refractivity contribution in [2.75, 3.05) is 6.54 Å². The van der Waals surface area contributed by atoms with Gasteiger partial charge in [-0.1, -0.05) is 20.3 Å². The molecular formula is C13H26N2. The van der Waals surface area contributed by atoms with E-state index >= 15 is 0 Å². The third-order valence-electron chi connectivity index (χ3n) is 3.00. The second kappa shape index (κ2) is 6.85. The highest BCUT2D eigenvalue weighted by atomic mass is 14.9. The number of hydrogen-bond donors (Lipinski definition) is 1. The Bertz CT molecular complexity index is 201.